The van der Waals surface area contributed by atoms with Crippen LogP contribution in [-0.2, 0) is 0 Å². The molecular weight excluding hydrogens is 298 g/mol. The highest BCUT2D eigenvalue weighted by Crippen LogP contribution is 2.20. The molecule has 22 heavy (non-hydrogen) atoms. The molecule has 0 unspecified atom stereocenters. The van der Waals surface area contributed by atoms with Crippen LogP contribution in [0, 0.1) is 6.92 Å². The van der Waals surface area contributed by atoms with Gasteiger partial charge < -0.3 is 10.2 Å². The lowest BCUT2D eigenvalue weighted by Crippen LogP contribution is -2.27. The number of aryl methyl sites for hydroxylation is 1. The Balaban J connectivity index is 1.74. The Morgan fingerprint density at radius 2 is 2.05 bits per heavy atom. The summed E-state index contributed by atoms with van der Waals surface area (Å²) in [5.74, 6) is -0.106. The van der Waals surface area contributed by atoms with Crippen LogP contribution in [0.15, 0.2) is 29.9 Å². The van der Waals surface area contributed by atoms with E-state index in [4.69, 9.17) is 0 Å². The van der Waals surface area contributed by atoms with E-state index in [1.807, 2.05) is 17.9 Å². The molecule has 0 spiro atoms. The zero-order chi connectivity index (χ0) is 15.5. The highest BCUT2D eigenvalue weighted by Gasteiger charge is 2.20. The van der Waals surface area contributed by atoms with Crippen molar-refractivity contribution in [1.82, 2.24) is 9.88 Å². The second-order valence-electron chi connectivity index (χ2n) is 5.35. The van der Waals surface area contributed by atoms with Crippen molar-refractivity contribution in [2.24, 2.45) is 0 Å². The number of aromatic nitrogens is 1. The average molecular weight is 315 g/mol. The molecular formula is C16H17N3O2S. The fourth-order valence-electron chi connectivity index (χ4n) is 2.55. The van der Waals surface area contributed by atoms with E-state index in [9.17, 15) is 9.59 Å². The van der Waals surface area contributed by atoms with Crippen molar-refractivity contribution in [2.45, 2.75) is 19.8 Å². The van der Waals surface area contributed by atoms with Gasteiger partial charge in [0.25, 0.3) is 11.8 Å². The number of hydrogen-bond donors (Lipinski definition) is 1. The number of carbonyl (C=O) groups excluding carboxylic acids is 2. The number of anilines is 1. The number of thiazole rings is 1. The predicted octanol–water partition coefficient (Wildman–Crippen LogP) is 2.94. The maximum absolute atomic E-state index is 12.4. The number of amides is 2. The van der Waals surface area contributed by atoms with Gasteiger partial charge >= 0.3 is 0 Å². The number of nitrogens with zero attached hydrogens (tertiary/aromatic N) is 2. The molecule has 5 nitrogen and oxygen atoms in total. The number of nitrogens with one attached hydrogen (secondary N) is 1. The lowest BCUT2D eigenvalue weighted by molar-refractivity contribution is 0.0792. The Kier molecular flexibility index (Phi) is 4.20. The van der Waals surface area contributed by atoms with E-state index in [0.29, 0.717) is 10.4 Å². The minimum atomic E-state index is -0.177. The second kappa shape index (κ2) is 6.27. The highest BCUT2D eigenvalue weighted by atomic mass is 32.1. The Morgan fingerprint density at radius 3 is 2.68 bits per heavy atom. The number of rotatable bonds is 3. The number of hydrogen-bond acceptors (Lipinski definition) is 4. The third kappa shape index (κ3) is 3.01. The molecule has 1 aromatic carbocycles. The highest BCUT2D eigenvalue weighted by molar-refractivity contribution is 7.11. The molecule has 1 aromatic heterocycles. The molecule has 1 N–H and O–H groups in total. The maximum atomic E-state index is 12.4. The van der Waals surface area contributed by atoms with Gasteiger partial charge in [-0.2, -0.15) is 0 Å². The minimum Gasteiger partial charge on any atom is -0.339 e. The molecule has 2 heterocycles. The molecule has 6 heteroatoms. The van der Waals surface area contributed by atoms with Gasteiger partial charge in [-0.1, -0.05) is 0 Å². The third-order valence-electron chi connectivity index (χ3n) is 3.77. The van der Waals surface area contributed by atoms with Gasteiger partial charge in [0.15, 0.2) is 0 Å². The monoisotopic (exact) mass is 315 g/mol. The molecule has 1 aliphatic heterocycles. The van der Waals surface area contributed by atoms with Gasteiger partial charge in [0.05, 0.1) is 11.7 Å². The summed E-state index contributed by atoms with van der Waals surface area (Å²) in [4.78, 5) is 30.7. The molecule has 0 saturated carbocycles. The van der Waals surface area contributed by atoms with E-state index < -0.39 is 0 Å². The van der Waals surface area contributed by atoms with Crippen molar-refractivity contribution < 1.29 is 9.59 Å². The Hall–Kier alpha value is -2.21. The Labute approximate surface area is 133 Å². The van der Waals surface area contributed by atoms with Crippen molar-refractivity contribution in [3.8, 4) is 0 Å². The van der Waals surface area contributed by atoms with Crippen LogP contribution < -0.4 is 5.32 Å². The fraction of sp³-hybridized carbons (Fsp3) is 0.312. The van der Waals surface area contributed by atoms with Crippen molar-refractivity contribution in [2.75, 3.05) is 18.4 Å². The van der Waals surface area contributed by atoms with Crippen LogP contribution in [0.25, 0.3) is 0 Å². The van der Waals surface area contributed by atoms with E-state index in [1.54, 1.807) is 23.8 Å². The first-order valence-corrected chi connectivity index (χ1v) is 8.13. The van der Waals surface area contributed by atoms with Gasteiger partial charge in [-0.05, 0) is 43.5 Å². The van der Waals surface area contributed by atoms with Gasteiger partial charge in [-0.15, -0.1) is 11.3 Å². The topological polar surface area (TPSA) is 62.3 Å². The summed E-state index contributed by atoms with van der Waals surface area (Å²) < 4.78 is 0. The summed E-state index contributed by atoms with van der Waals surface area (Å²) in [6, 6.07) is 5.40. The van der Waals surface area contributed by atoms with Crippen LogP contribution in [-0.4, -0.2) is 34.8 Å². The molecule has 1 aliphatic rings. The van der Waals surface area contributed by atoms with Crippen LogP contribution in [0.1, 0.15) is 38.4 Å². The molecule has 2 aromatic rings. The minimum absolute atomic E-state index is 0.0703. The summed E-state index contributed by atoms with van der Waals surface area (Å²) in [6.07, 6.45) is 3.70. The third-order valence-corrected chi connectivity index (χ3v) is 4.54. The predicted molar refractivity (Wildman–Crippen MR) is 86.4 cm³/mol. The van der Waals surface area contributed by atoms with E-state index in [-0.39, 0.29) is 11.8 Å². The van der Waals surface area contributed by atoms with Crippen molar-refractivity contribution in [1.29, 1.82) is 0 Å². The Morgan fingerprint density at radius 1 is 1.27 bits per heavy atom. The van der Waals surface area contributed by atoms with Gasteiger partial charge in [0.1, 0.15) is 4.88 Å². The lowest BCUT2D eigenvalue weighted by atomic mass is 10.1. The second-order valence-corrected chi connectivity index (χ2v) is 6.24. The molecule has 1 saturated heterocycles. The van der Waals surface area contributed by atoms with Gasteiger partial charge in [0.2, 0.25) is 0 Å². The normalized spacial score (nSPS) is 14.1. The van der Waals surface area contributed by atoms with Crippen LogP contribution in [0.4, 0.5) is 5.69 Å². The van der Waals surface area contributed by atoms with Crippen LogP contribution in [0.5, 0.6) is 0 Å². The van der Waals surface area contributed by atoms with Crippen LogP contribution >= 0.6 is 11.3 Å². The van der Waals surface area contributed by atoms with Crippen LogP contribution in [0.3, 0.4) is 0 Å². The zero-order valence-corrected chi connectivity index (χ0v) is 13.2. The largest absolute Gasteiger partial charge is 0.339 e. The molecule has 3 rings (SSSR count). The molecule has 0 radical (unpaired) electrons. The first kappa shape index (κ1) is 14.7. The number of likely N-dealkylation sites (tertiary alicyclic amines) is 1. The van der Waals surface area contributed by atoms with Crippen molar-refractivity contribution in [3.05, 3.63) is 45.9 Å². The lowest BCUT2D eigenvalue weighted by Gasteiger charge is -2.16. The van der Waals surface area contributed by atoms with Gasteiger partial charge in [-0.3, -0.25) is 14.6 Å². The molecule has 0 atom stereocenters. The van der Waals surface area contributed by atoms with Gasteiger partial charge in [-0.25, -0.2) is 0 Å². The number of benzene rings is 1. The first-order valence-electron chi connectivity index (χ1n) is 7.25. The van der Waals surface area contributed by atoms with Crippen molar-refractivity contribution >= 4 is 28.8 Å². The number of carbonyl (C=O) groups is 2. The SMILES string of the molecule is Cc1cc(C(=O)N2CCCC2)ccc1NC(=O)c1cncs1. The molecule has 2 amide bonds. The van der Waals surface area contributed by atoms with Gasteiger partial charge in [0, 0.05) is 24.3 Å². The quantitative estimate of drug-likeness (QED) is 0.947. The average Bonchev–Trinajstić information content (AvgIpc) is 3.21. The standard InChI is InChI=1S/C16H17N3O2S/c1-11-8-12(16(21)19-6-2-3-7-19)4-5-13(11)18-15(20)14-9-17-10-22-14/h4-5,8-10H,2-3,6-7H2,1H3,(H,18,20). The molecule has 0 bridgehead atoms. The van der Waals surface area contributed by atoms with Crippen molar-refractivity contribution in [3.63, 3.8) is 0 Å². The molecule has 114 valence electrons. The summed E-state index contributed by atoms with van der Waals surface area (Å²) >= 11 is 1.30. The van der Waals surface area contributed by atoms with Crippen LogP contribution in [0.2, 0.25) is 0 Å². The molecule has 0 aliphatic carbocycles. The fourth-order valence-corrected chi connectivity index (χ4v) is 3.07. The Bertz CT molecular complexity index is 691. The first-order chi connectivity index (χ1) is 10.6. The van der Waals surface area contributed by atoms with E-state index in [2.05, 4.69) is 10.3 Å². The van der Waals surface area contributed by atoms with E-state index in [1.165, 1.54) is 11.3 Å². The zero-order valence-electron chi connectivity index (χ0n) is 12.3. The van der Waals surface area contributed by atoms with E-state index >= 15 is 0 Å². The summed E-state index contributed by atoms with van der Waals surface area (Å²) in [7, 11) is 0. The molecule has 1 fully saturated rings. The summed E-state index contributed by atoms with van der Waals surface area (Å²) in [5.41, 5.74) is 3.90. The summed E-state index contributed by atoms with van der Waals surface area (Å²) in [5, 5.41) is 2.85. The van der Waals surface area contributed by atoms with E-state index in [0.717, 1.165) is 37.2 Å². The maximum Gasteiger partial charge on any atom is 0.267 e. The smallest absolute Gasteiger partial charge is 0.267 e. The summed E-state index contributed by atoms with van der Waals surface area (Å²) in [6.45, 7) is 3.56.